The highest BCUT2D eigenvalue weighted by atomic mass is 32.2. The second kappa shape index (κ2) is 7.56. The molecule has 2 aromatic carbocycles. The first kappa shape index (κ1) is 19.8. The molecule has 10 heteroatoms. The molecule has 0 radical (unpaired) electrons. The van der Waals surface area contributed by atoms with Crippen LogP contribution in [0, 0.1) is 6.92 Å². The van der Waals surface area contributed by atoms with Gasteiger partial charge in [-0.3, -0.25) is 4.79 Å². The Kier molecular flexibility index (Phi) is 5.34. The smallest absolute Gasteiger partial charge is 0.267 e. The van der Waals surface area contributed by atoms with Gasteiger partial charge in [0.05, 0.1) is 4.90 Å². The van der Waals surface area contributed by atoms with Gasteiger partial charge in [0.15, 0.2) is 0 Å². The summed E-state index contributed by atoms with van der Waals surface area (Å²) in [4.78, 5) is 19.1. The molecule has 1 aromatic heterocycles. The third-order valence-electron chi connectivity index (χ3n) is 4.08. The number of carbonyl (C=O) groups excluding carboxylic acids is 1. The Labute approximate surface area is 162 Å². The third-order valence-corrected chi connectivity index (χ3v) is 5.89. The number of benzene rings is 2. The van der Waals surface area contributed by atoms with E-state index in [-0.39, 0.29) is 10.8 Å². The Morgan fingerprint density at radius 2 is 1.96 bits per heavy atom. The van der Waals surface area contributed by atoms with Gasteiger partial charge in [0.25, 0.3) is 5.91 Å². The maximum Gasteiger partial charge on any atom is 0.267 e. The van der Waals surface area contributed by atoms with Crippen molar-refractivity contribution in [1.82, 2.24) is 19.5 Å². The standard InChI is InChI=1S/C18H21N5O4S/c1-12-6-5-7-14(10-12)19-18(24)13(2)27-23-17-11-15(28(25,26)22(3)4)8-9-16(17)20-21-23/h5-11,13H,1-4H3,(H,19,24)/t13-/m1/s1. The zero-order valence-electron chi connectivity index (χ0n) is 15.9. The zero-order chi connectivity index (χ0) is 20.5. The van der Waals surface area contributed by atoms with Crippen LogP contribution in [0.3, 0.4) is 0 Å². The van der Waals surface area contributed by atoms with Gasteiger partial charge in [-0.25, -0.2) is 12.7 Å². The van der Waals surface area contributed by atoms with Crippen molar-refractivity contribution in [3.8, 4) is 0 Å². The Morgan fingerprint density at radius 1 is 1.21 bits per heavy atom. The summed E-state index contributed by atoms with van der Waals surface area (Å²) in [7, 11) is -0.728. The largest absolute Gasteiger partial charge is 0.382 e. The first-order chi connectivity index (χ1) is 13.2. The average molecular weight is 403 g/mol. The van der Waals surface area contributed by atoms with Gasteiger partial charge in [-0.1, -0.05) is 17.0 Å². The predicted octanol–water partition coefficient (Wildman–Crippen LogP) is 1.45. The number of sulfonamides is 1. The van der Waals surface area contributed by atoms with Gasteiger partial charge in [0.1, 0.15) is 11.0 Å². The maximum absolute atomic E-state index is 12.4. The first-order valence-corrected chi connectivity index (χ1v) is 9.95. The number of nitrogens with zero attached hydrogens (tertiary/aromatic N) is 4. The van der Waals surface area contributed by atoms with Crippen LogP contribution in [0.5, 0.6) is 0 Å². The molecule has 28 heavy (non-hydrogen) atoms. The van der Waals surface area contributed by atoms with E-state index in [1.165, 1.54) is 32.3 Å². The number of fused-ring (bicyclic) bond motifs is 1. The summed E-state index contributed by atoms with van der Waals surface area (Å²) in [5, 5.41) is 10.6. The van der Waals surface area contributed by atoms with Crippen LogP contribution in [0.25, 0.3) is 11.0 Å². The molecule has 1 N–H and O–H groups in total. The molecule has 3 rings (SSSR count). The highest BCUT2D eigenvalue weighted by molar-refractivity contribution is 7.89. The normalized spacial score (nSPS) is 12.9. The molecule has 3 aromatic rings. The second-order valence-corrected chi connectivity index (χ2v) is 8.66. The van der Waals surface area contributed by atoms with Crippen molar-refractivity contribution in [2.24, 2.45) is 0 Å². The molecule has 1 heterocycles. The Morgan fingerprint density at radius 3 is 2.64 bits per heavy atom. The van der Waals surface area contributed by atoms with Crippen LogP contribution in [0.2, 0.25) is 0 Å². The highest BCUT2D eigenvalue weighted by Crippen LogP contribution is 2.19. The number of aryl methyl sites for hydroxylation is 1. The molecule has 0 aliphatic heterocycles. The third kappa shape index (κ3) is 3.97. The molecule has 0 spiro atoms. The van der Waals surface area contributed by atoms with E-state index < -0.39 is 16.1 Å². The van der Waals surface area contributed by atoms with Crippen molar-refractivity contribution >= 4 is 32.7 Å². The number of rotatable bonds is 6. The van der Waals surface area contributed by atoms with Crippen molar-refractivity contribution in [2.75, 3.05) is 19.4 Å². The van der Waals surface area contributed by atoms with Crippen LogP contribution in [0.4, 0.5) is 5.69 Å². The van der Waals surface area contributed by atoms with E-state index in [4.69, 9.17) is 4.84 Å². The lowest BCUT2D eigenvalue weighted by atomic mass is 10.2. The molecule has 0 fully saturated rings. The minimum atomic E-state index is -3.62. The molecule has 0 unspecified atom stereocenters. The van der Waals surface area contributed by atoms with Crippen LogP contribution in [-0.4, -0.2) is 54.0 Å². The molecule has 9 nitrogen and oxygen atoms in total. The van der Waals surface area contributed by atoms with Gasteiger partial charge in [0, 0.05) is 19.8 Å². The van der Waals surface area contributed by atoms with E-state index >= 15 is 0 Å². The monoisotopic (exact) mass is 403 g/mol. The summed E-state index contributed by atoms with van der Waals surface area (Å²) in [6.07, 6.45) is -0.889. The summed E-state index contributed by atoms with van der Waals surface area (Å²) in [5.74, 6) is -0.369. The van der Waals surface area contributed by atoms with Gasteiger partial charge >= 0.3 is 0 Å². The number of amides is 1. The van der Waals surface area contributed by atoms with Crippen LogP contribution in [-0.2, 0) is 14.8 Å². The SMILES string of the molecule is Cc1cccc(NC(=O)[C@@H](C)On2nnc3ccc(S(=O)(=O)N(C)C)cc32)c1. The Bertz CT molecular complexity index is 1120. The quantitative estimate of drug-likeness (QED) is 0.668. The molecule has 0 saturated carbocycles. The molecular formula is C18H21N5O4S. The van der Waals surface area contributed by atoms with Crippen LogP contribution < -0.4 is 10.2 Å². The number of hydrogen-bond acceptors (Lipinski definition) is 6. The molecule has 1 amide bonds. The van der Waals surface area contributed by atoms with E-state index in [1.54, 1.807) is 13.0 Å². The van der Waals surface area contributed by atoms with Gasteiger partial charge in [-0.05, 0) is 55.0 Å². The van der Waals surface area contributed by atoms with Gasteiger partial charge in [-0.2, -0.15) is 0 Å². The van der Waals surface area contributed by atoms with E-state index in [9.17, 15) is 13.2 Å². The van der Waals surface area contributed by atoms with E-state index in [0.717, 1.165) is 14.7 Å². The summed E-state index contributed by atoms with van der Waals surface area (Å²) in [5.41, 5.74) is 2.47. The number of nitrogens with one attached hydrogen (secondary N) is 1. The second-order valence-electron chi connectivity index (χ2n) is 6.51. The molecule has 0 aliphatic rings. The first-order valence-electron chi connectivity index (χ1n) is 8.51. The van der Waals surface area contributed by atoms with E-state index in [0.29, 0.717) is 16.7 Å². The molecule has 0 aliphatic carbocycles. The average Bonchev–Trinajstić information content (AvgIpc) is 3.03. The lowest BCUT2D eigenvalue weighted by molar-refractivity contribution is -0.127. The van der Waals surface area contributed by atoms with Crippen molar-refractivity contribution in [2.45, 2.75) is 24.8 Å². The fourth-order valence-corrected chi connectivity index (χ4v) is 3.41. The van der Waals surface area contributed by atoms with Crippen molar-refractivity contribution < 1.29 is 18.0 Å². The van der Waals surface area contributed by atoms with Crippen LogP contribution in [0.15, 0.2) is 47.4 Å². The molecule has 0 bridgehead atoms. The lowest BCUT2D eigenvalue weighted by Gasteiger charge is -2.15. The molecule has 148 valence electrons. The highest BCUT2D eigenvalue weighted by Gasteiger charge is 2.21. The summed E-state index contributed by atoms with van der Waals surface area (Å²) < 4.78 is 25.8. The summed E-state index contributed by atoms with van der Waals surface area (Å²) in [6, 6.07) is 11.8. The topological polar surface area (TPSA) is 106 Å². The maximum atomic E-state index is 12.4. The molecule has 0 saturated heterocycles. The molecule has 1 atom stereocenters. The minimum Gasteiger partial charge on any atom is -0.382 e. The Balaban J connectivity index is 1.82. The molecular weight excluding hydrogens is 382 g/mol. The van der Waals surface area contributed by atoms with E-state index in [1.807, 2.05) is 25.1 Å². The minimum absolute atomic E-state index is 0.0778. The van der Waals surface area contributed by atoms with Gasteiger partial charge < -0.3 is 10.2 Å². The predicted molar refractivity (Wildman–Crippen MR) is 104 cm³/mol. The lowest BCUT2D eigenvalue weighted by Crippen LogP contribution is -2.35. The van der Waals surface area contributed by atoms with Gasteiger partial charge in [-0.15, -0.1) is 5.10 Å². The van der Waals surface area contributed by atoms with Crippen LogP contribution >= 0.6 is 0 Å². The van der Waals surface area contributed by atoms with Crippen molar-refractivity contribution in [1.29, 1.82) is 0 Å². The number of anilines is 1. The van der Waals surface area contributed by atoms with Crippen LogP contribution in [0.1, 0.15) is 12.5 Å². The van der Waals surface area contributed by atoms with Crippen molar-refractivity contribution in [3.05, 3.63) is 48.0 Å². The van der Waals surface area contributed by atoms with Gasteiger partial charge in [0.2, 0.25) is 16.1 Å². The Hall–Kier alpha value is -2.98. The number of carbonyl (C=O) groups is 1. The summed E-state index contributed by atoms with van der Waals surface area (Å²) >= 11 is 0. The summed E-state index contributed by atoms with van der Waals surface area (Å²) in [6.45, 7) is 3.50. The fourth-order valence-electron chi connectivity index (χ4n) is 2.49. The number of aromatic nitrogens is 3. The van der Waals surface area contributed by atoms with E-state index in [2.05, 4.69) is 15.6 Å². The number of hydrogen-bond donors (Lipinski definition) is 1. The van der Waals surface area contributed by atoms with Crippen molar-refractivity contribution in [3.63, 3.8) is 0 Å². The zero-order valence-corrected chi connectivity index (χ0v) is 16.8. The fraction of sp³-hybridized carbons (Fsp3) is 0.278.